The summed E-state index contributed by atoms with van der Waals surface area (Å²) in [5, 5.41) is 9.44. The van der Waals surface area contributed by atoms with Crippen molar-refractivity contribution in [1.82, 2.24) is 29.9 Å². The van der Waals surface area contributed by atoms with Crippen LogP contribution in [0.5, 0.6) is 0 Å². The van der Waals surface area contributed by atoms with Gasteiger partial charge in [0.1, 0.15) is 12.4 Å². The molecule has 0 saturated carbocycles. The van der Waals surface area contributed by atoms with E-state index in [1.165, 1.54) is 11.1 Å². The van der Waals surface area contributed by atoms with Crippen LogP contribution in [0.1, 0.15) is 46.7 Å². The summed E-state index contributed by atoms with van der Waals surface area (Å²) in [7, 11) is 0. The Hall–Kier alpha value is -2.83. The molecule has 1 fully saturated rings. The van der Waals surface area contributed by atoms with E-state index in [1.807, 2.05) is 18.5 Å². The van der Waals surface area contributed by atoms with Crippen molar-refractivity contribution >= 4 is 11.6 Å². The summed E-state index contributed by atoms with van der Waals surface area (Å²) in [5.41, 5.74) is 5.13. The number of fused-ring (bicyclic) bond motifs is 3. The quantitative estimate of drug-likeness (QED) is 0.520. The molecule has 35 heavy (non-hydrogen) atoms. The van der Waals surface area contributed by atoms with Gasteiger partial charge in [-0.25, -0.2) is 14.6 Å². The van der Waals surface area contributed by atoms with Crippen molar-refractivity contribution in [3.8, 4) is 12.3 Å². The first kappa shape index (κ1) is 22.6. The van der Waals surface area contributed by atoms with Crippen molar-refractivity contribution in [1.29, 1.82) is 0 Å². The summed E-state index contributed by atoms with van der Waals surface area (Å²) in [6.45, 7) is 3.92. The molecule has 0 bridgehead atoms. The van der Waals surface area contributed by atoms with Gasteiger partial charge in [0.2, 0.25) is 0 Å². The zero-order valence-electron chi connectivity index (χ0n) is 19.5. The first-order valence-corrected chi connectivity index (χ1v) is 12.4. The average Bonchev–Trinajstić information content (AvgIpc) is 3.32. The lowest BCUT2D eigenvalue weighted by Crippen LogP contribution is -2.51. The van der Waals surface area contributed by atoms with Crippen LogP contribution in [0.3, 0.4) is 0 Å². The topological polar surface area (TPSA) is 78.2 Å². The Labute approximate surface area is 209 Å². The fraction of sp³-hybridized carbons (Fsp3) is 0.462. The van der Waals surface area contributed by atoms with E-state index in [-0.39, 0.29) is 11.6 Å². The maximum Gasteiger partial charge on any atom is 0.150 e. The Kier molecular flexibility index (Phi) is 6.02. The van der Waals surface area contributed by atoms with E-state index in [9.17, 15) is 0 Å². The molecule has 2 atom stereocenters. The van der Waals surface area contributed by atoms with Gasteiger partial charge in [0, 0.05) is 42.7 Å². The Bertz CT molecular complexity index is 1290. The first-order chi connectivity index (χ1) is 17.1. The molecular weight excluding hydrogens is 464 g/mol. The Morgan fingerprint density at radius 3 is 3.06 bits per heavy atom. The van der Waals surface area contributed by atoms with Gasteiger partial charge in [-0.3, -0.25) is 4.90 Å². The van der Waals surface area contributed by atoms with E-state index in [2.05, 4.69) is 38.2 Å². The number of rotatable bonds is 4. The van der Waals surface area contributed by atoms with Crippen LogP contribution in [-0.2, 0) is 47.6 Å². The summed E-state index contributed by atoms with van der Waals surface area (Å²) in [6.07, 6.45) is 13.1. The summed E-state index contributed by atoms with van der Waals surface area (Å²) >= 11 is 6.34. The van der Waals surface area contributed by atoms with Crippen LogP contribution in [-0.4, -0.2) is 55.7 Å². The van der Waals surface area contributed by atoms with Gasteiger partial charge in [-0.2, -0.15) is 0 Å². The third-order valence-corrected chi connectivity index (χ3v) is 7.51. The maximum atomic E-state index is 6.39. The van der Waals surface area contributed by atoms with Crippen LogP contribution in [0.15, 0.2) is 30.6 Å². The van der Waals surface area contributed by atoms with Gasteiger partial charge in [-0.1, -0.05) is 28.8 Å². The molecule has 0 radical (unpaired) electrons. The molecule has 1 aromatic carbocycles. The predicted molar refractivity (Wildman–Crippen MR) is 130 cm³/mol. The summed E-state index contributed by atoms with van der Waals surface area (Å²) in [6, 6.07) is 6.07. The van der Waals surface area contributed by atoms with Crippen LogP contribution in [0.25, 0.3) is 0 Å². The molecule has 0 N–H and O–H groups in total. The van der Waals surface area contributed by atoms with E-state index in [0.717, 1.165) is 60.0 Å². The molecule has 2 aromatic heterocycles. The van der Waals surface area contributed by atoms with Gasteiger partial charge >= 0.3 is 0 Å². The van der Waals surface area contributed by atoms with E-state index >= 15 is 0 Å². The second-order valence-corrected chi connectivity index (χ2v) is 9.91. The highest BCUT2D eigenvalue weighted by Crippen LogP contribution is 2.44. The maximum absolute atomic E-state index is 6.39. The number of halogens is 1. The molecule has 8 nitrogen and oxygen atoms in total. The minimum absolute atomic E-state index is 0.0648. The molecule has 6 rings (SSSR count). The lowest BCUT2D eigenvalue weighted by molar-refractivity contribution is -0.108. The number of likely N-dealkylation sites (tertiary alicyclic amines) is 1. The highest BCUT2D eigenvalue weighted by Gasteiger charge is 2.44. The lowest BCUT2D eigenvalue weighted by Gasteiger charge is -2.47. The van der Waals surface area contributed by atoms with E-state index in [1.54, 1.807) is 4.68 Å². The summed E-state index contributed by atoms with van der Waals surface area (Å²) < 4.78 is 13.6. The Morgan fingerprint density at radius 2 is 2.14 bits per heavy atom. The molecule has 0 amide bonds. The lowest BCUT2D eigenvalue weighted by atomic mass is 9.77. The summed E-state index contributed by atoms with van der Waals surface area (Å²) in [4.78, 5) is 11.5. The van der Waals surface area contributed by atoms with Crippen LogP contribution < -0.4 is 0 Å². The van der Waals surface area contributed by atoms with Crippen molar-refractivity contribution in [2.24, 2.45) is 0 Å². The normalized spacial score (nSPS) is 24.1. The first-order valence-electron chi connectivity index (χ1n) is 12.1. The number of aromatic nitrogens is 5. The van der Waals surface area contributed by atoms with Crippen LogP contribution >= 0.6 is 11.6 Å². The largest absolute Gasteiger partial charge is 0.376 e. The molecule has 1 saturated heterocycles. The molecule has 9 heteroatoms. The fourth-order valence-electron chi connectivity index (χ4n) is 5.47. The van der Waals surface area contributed by atoms with Crippen molar-refractivity contribution in [3.63, 3.8) is 0 Å². The molecule has 5 heterocycles. The molecule has 180 valence electrons. The Morgan fingerprint density at radius 1 is 1.20 bits per heavy atom. The minimum Gasteiger partial charge on any atom is -0.376 e. The highest BCUT2D eigenvalue weighted by atomic mass is 35.5. The zero-order chi connectivity index (χ0) is 23.8. The van der Waals surface area contributed by atoms with Crippen LogP contribution in [0.4, 0.5) is 0 Å². The molecule has 0 aliphatic carbocycles. The second kappa shape index (κ2) is 9.32. The van der Waals surface area contributed by atoms with Gasteiger partial charge in [-0.15, -0.1) is 11.5 Å². The number of ether oxygens (including phenoxy) is 2. The van der Waals surface area contributed by atoms with Gasteiger partial charge in [-0.05, 0) is 36.1 Å². The van der Waals surface area contributed by atoms with Crippen molar-refractivity contribution in [3.05, 3.63) is 69.5 Å². The van der Waals surface area contributed by atoms with Crippen molar-refractivity contribution in [2.75, 3.05) is 19.8 Å². The van der Waals surface area contributed by atoms with Gasteiger partial charge < -0.3 is 9.47 Å². The number of hydrogen-bond donors (Lipinski definition) is 0. The van der Waals surface area contributed by atoms with E-state index in [0.29, 0.717) is 32.9 Å². The molecule has 1 spiro atoms. The fourth-order valence-corrected chi connectivity index (χ4v) is 5.64. The van der Waals surface area contributed by atoms with Crippen molar-refractivity contribution in [2.45, 2.75) is 57.0 Å². The second-order valence-electron chi connectivity index (χ2n) is 9.47. The molecular formula is C26H27ClN6O2. The third-order valence-electron chi connectivity index (χ3n) is 7.27. The third kappa shape index (κ3) is 4.45. The number of piperidine rings is 1. The number of hydrogen-bond acceptors (Lipinski definition) is 7. The van der Waals surface area contributed by atoms with E-state index < -0.39 is 0 Å². The predicted octanol–water partition coefficient (Wildman–Crippen LogP) is 2.91. The monoisotopic (exact) mass is 490 g/mol. The molecule has 3 aromatic rings. The molecule has 3 aliphatic heterocycles. The van der Waals surface area contributed by atoms with E-state index in [4.69, 9.17) is 32.5 Å². The van der Waals surface area contributed by atoms with Gasteiger partial charge in [0.15, 0.2) is 0 Å². The highest BCUT2D eigenvalue weighted by molar-refractivity contribution is 6.30. The number of benzene rings is 1. The minimum atomic E-state index is -0.377. The summed E-state index contributed by atoms with van der Waals surface area (Å²) in [5.74, 6) is 3.73. The smallest absolute Gasteiger partial charge is 0.150 e. The number of nitrogens with zero attached hydrogens (tertiary/aromatic N) is 6. The SMILES string of the molecule is C#C[C@H]1C[C@@]2(CCN1Cc1cn(Cc3ncc4c(n3)CCOC4)nn1)OCCc1ccc(Cl)cc12. The molecule has 3 aliphatic rings. The standard InChI is InChI=1S/C26H27ClN6O2/c1-2-22-12-26(23-11-20(27)4-3-18(23)5-10-35-26)7-8-32(22)14-21-15-33(31-30-21)16-25-28-13-19-17-34-9-6-24(19)29-25/h1,3-4,11,13,15,22H,5-10,12,14,16-17H2/t22-,26+/m0/s1. The van der Waals surface area contributed by atoms with Crippen LogP contribution in [0, 0.1) is 12.3 Å². The molecule has 0 unspecified atom stereocenters. The Balaban J connectivity index is 1.15. The van der Waals surface area contributed by atoms with Gasteiger partial charge in [0.25, 0.3) is 0 Å². The van der Waals surface area contributed by atoms with Crippen LogP contribution in [0.2, 0.25) is 5.02 Å². The average molecular weight is 491 g/mol. The van der Waals surface area contributed by atoms with Crippen molar-refractivity contribution < 1.29 is 9.47 Å². The van der Waals surface area contributed by atoms with Gasteiger partial charge in [0.05, 0.1) is 49.0 Å². The zero-order valence-corrected chi connectivity index (χ0v) is 20.2. The number of terminal acetylenes is 1.